The van der Waals surface area contributed by atoms with E-state index in [1.807, 2.05) is 119 Å². The predicted octanol–water partition coefficient (Wildman–Crippen LogP) is 9.65. The first-order chi connectivity index (χ1) is 40.1. The molecule has 0 unspecified atom stereocenters. The molecule has 15 rings (SSSR count). The van der Waals surface area contributed by atoms with Crippen LogP contribution in [0.15, 0.2) is 158 Å². The van der Waals surface area contributed by atoms with Crippen molar-refractivity contribution in [2.45, 2.75) is 87.0 Å². The fourth-order valence-corrected chi connectivity index (χ4v) is 15.9. The number of carbonyl (C=O) groups excluding carboxylic acids is 4. The van der Waals surface area contributed by atoms with Gasteiger partial charge in [-0.1, -0.05) is 106 Å². The molecule has 2 amide bonds. The number of aromatic nitrogens is 6. The monoisotopic (exact) mass is 1130 g/mol. The highest BCUT2D eigenvalue weighted by atomic mass is 35.5. The Bertz CT molecular complexity index is 3620. The molecule has 8 atom stereocenters. The smallest absolute Gasteiger partial charge is 0.253 e. The second-order valence-electron chi connectivity index (χ2n) is 22.6. The van der Waals surface area contributed by atoms with Crippen LogP contribution < -0.4 is 19.3 Å². The normalized spacial score (nSPS) is 26.6. The molecule has 18 heteroatoms. The van der Waals surface area contributed by atoms with E-state index in [0.29, 0.717) is 70.2 Å². The second-order valence-corrected chi connectivity index (χ2v) is 23.5. The number of Topliss-reactive ketones (excluding diaryl/α,β-unsaturated/α-hetero) is 2. The number of hydrogen-bond donors (Lipinski definition) is 0. The zero-order chi connectivity index (χ0) is 55.4. The van der Waals surface area contributed by atoms with Gasteiger partial charge >= 0.3 is 0 Å². The Balaban J connectivity index is 0.850. The van der Waals surface area contributed by atoms with Gasteiger partial charge in [-0.25, -0.2) is 0 Å². The first-order valence-corrected chi connectivity index (χ1v) is 29.1. The van der Waals surface area contributed by atoms with Gasteiger partial charge in [0.2, 0.25) is 0 Å². The van der Waals surface area contributed by atoms with Gasteiger partial charge in [0, 0.05) is 80.7 Å². The molecule has 0 N–H and O–H groups in total. The SMILES string of the molecule is O=C(c1ccc(Cl)cc1)[C@@H]1[C@H]2c3ccccc3OCc3cn(nn3)CCN3C(=O)[C@]4(c5ccccc53)[C@@H](C(=O)c3ccc(Cl)cc3)[C@H](c3ccccc3OCc3cn(nn3)CCN3C(=O)[C@]1(c1ccccc13)N1CCC[C@@H]21)[C@H]1CCCN14. The number of fused-ring (bicyclic) bond motifs is 20. The number of amides is 2. The van der Waals surface area contributed by atoms with E-state index >= 15 is 19.2 Å². The van der Waals surface area contributed by atoms with E-state index < -0.39 is 34.7 Å². The van der Waals surface area contributed by atoms with Crippen molar-refractivity contribution >= 4 is 58.0 Å². The van der Waals surface area contributed by atoms with Crippen molar-refractivity contribution in [3.05, 3.63) is 213 Å². The minimum atomic E-state index is -1.35. The van der Waals surface area contributed by atoms with Gasteiger partial charge in [0.1, 0.15) is 47.2 Å². The first-order valence-electron chi connectivity index (χ1n) is 28.3. The van der Waals surface area contributed by atoms with Gasteiger partial charge in [0.15, 0.2) is 11.6 Å². The van der Waals surface area contributed by atoms with E-state index in [9.17, 15) is 0 Å². The predicted molar refractivity (Wildman–Crippen MR) is 306 cm³/mol. The largest absolute Gasteiger partial charge is 0.487 e. The maximum atomic E-state index is 16.1. The molecule has 2 spiro atoms. The third-order valence-corrected chi connectivity index (χ3v) is 19.2. The van der Waals surface area contributed by atoms with Crippen LogP contribution in [0.25, 0.3) is 0 Å². The van der Waals surface area contributed by atoms with E-state index in [1.165, 1.54) is 0 Å². The molecule has 4 saturated heterocycles. The van der Waals surface area contributed by atoms with Gasteiger partial charge < -0.3 is 19.3 Å². The number of para-hydroxylation sites is 4. The lowest BCUT2D eigenvalue weighted by molar-refractivity contribution is -0.130. The van der Waals surface area contributed by atoms with Crippen molar-refractivity contribution in [1.82, 2.24) is 39.8 Å². The molecule has 7 aliphatic rings. The van der Waals surface area contributed by atoms with E-state index in [-0.39, 0.29) is 61.8 Å². The first kappa shape index (κ1) is 50.9. The van der Waals surface area contributed by atoms with Crippen molar-refractivity contribution in [2.24, 2.45) is 11.8 Å². The zero-order valence-corrected chi connectivity index (χ0v) is 46.1. The lowest BCUT2D eigenvalue weighted by atomic mass is 9.68. The van der Waals surface area contributed by atoms with Crippen molar-refractivity contribution in [3.63, 3.8) is 0 Å². The number of benzene rings is 6. The topological polar surface area (TPSA) is 161 Å². The number of halogens is 2. The van der Waals surface area contributed by atoms with Crippen LogP contribution in [0.4, 0.5) is 11.4 Å². The van der Waals surface area contributed by atoms with Crippen molar-refractivity contribution < 1.29 is 28.7 Å². The van der Waals surface area contributed by atoms with E-state index in [1.54, 1.807) is 57.9 Å². The van der Waals surface area contributed by atoms with Gasteiger partial charge in [-0.3, -0.25) is 38.3 Å². The van der Waals surface area contributed by atoms with E-state index in [2.05, 4.69) is 30.4 Å². The molecule has 82 heavy (non-hydrogen) atoms. The van der Waals surface area contributed by atoms with Crippen LogP contribution in [0, 0.1) is 11.8 Å². The van der Waals surface area contributed by atoms with Gasteiger partial charge in [-0.15, -0.1) is 10.2 Å². The number of ether oxygens (including phenoxy) is 2. The lowest BCUT2D eigenvalue weighted by Gasteiger charge is -2.37. The highest BCUT2D eigenvalue weighted by Crippen LogP contribution is 2.65. The summed E-state index contributed by atoms with van der Waals surface area (Å²) in [7, 11) is 0. The number of nitrogens with zero attached hydrogens (tertiary/aromatic N) is 10. The Labute approximate surface area is 483 Å². The summed E-state index contributed by atoms with van der Waals surface area (Å²) in [5.74, 6) is -2.08. The summed E-state index contributed by atoms with van der Waals surface area (Å²) in [5.41, 5.74) is 4.13. The Morgan fingerprint density at radius 2 is 0.890 bits per heavy atom. The summed E-state index contributed by atoms with van der Waals surface area (Å²) in [6.07, 6.45) is 6.91. The molecule has 16 nitrogen and oxygen atoms in total. The average Bonchev–Trinajstić information content (AvgIpc) is 2.18. The van der Waals surface area contributed by atoms with Crippen molar-refractivity contribution in [1.29, 1.82) is 0 Å². The maximum Gasteiger partial charge on any atom is 0.253 e. The lowest BCUT2D eigenvalue weighted by Crippen LogP contribution is -2.55. The number of rotatable bonds is 4. The third kappa shape index (κ3) is 7.63. The number of carbonyl (C=O) groups is 4. The molecule has 10 bridgehead atoms. The van der Waals surface area contributed by atoms with Crippen LogP contribution >= 0.6 is 23.2 Å². The van der Waals surface area contributed by atoms with Gasteiger partial charge in [-0.2, -0.15) is 0 Å². The standard InChI is InChI=1S/C64H56Cl2N10O6/c65-41-25-21-39(22-26-41)59(77)57-55-45-11-1-7-19-53(45)81-37-43-35-71(69-67-43)32-34-74-50-16-6-4-14-48(50)64(62(74)80)58(60(78)40-23-27-42(66)28-24-40)56(52-18-10-30-76(52)64)46-12-2-8-20-54(46)82-38-44-36-72(70-68-44)31-33-73-49-15-5-3-13-47(49)63(57,61(73)79)75-29-9-17-51(55)75/h1-8,11-16,19-28,35-36,51-52,55-58H,9-10,17-18,29-34,37-38H2/t51-,52+,55-,56+,57-,58+,63+,64-. The Kier molecular flexibility index (Phi) is 12.3. The van der Waals surface area contributed by atoms with E-state index in [4.69, 9.17) is 32.7 Å². The van der Waals surface area contributed by atoms with Crippen LogP contribution in [-0.4, -0.2) is 101 Å². The second kappa shape index (κ2) is 19.9. The third-order valence-electron chi connectivity index (χ3n) is 18.7. The van der Waals surface area contributed by atoms with E-state index in [0.717, 1.165) is 59.3 Å². The average molecular weight is 1130 g/mol. The molecule has 4 fully saturated rings. The summed E-state index contributed by atoms with van der Waals surface area (Å²) < 4.78 is 17.0. The minimum absolute atomic E-state index is 0.0601. The molecule has 0 radical (unpaired) electrons. The van der Waals surface area contributed by atoms with Crippen molar-refractivity contribution in [2.75, 3.05) is 36.0 Å². The fraction of sp³-hybridized carbons (Fsp3) is 0.312. The Morgan fingerprint density at radius 1 is 0.488 bits per heavy atom. The van der Waals surface area contributed by atoms with Crippen LogP contribution in [0.2, 0.25) is 10.0 Å². The van der Waals surface area contributed by atoms with Gasteiger partial charge in [0.25, 0.3) is 11.8 Å². The quantitative estimate of drug-likeness (QED) is 0.154. The molecule has 6 aromatic carbocycles. The van der Waals surface area contributed by atoms with Crippen molar-refractivity contribution in [3.8, 4) is 11.5 Å². The molecule has 0 saturated carbocycles. The fourth-order valence-electron chi connectivity index (χ4n) is 15.6. The Morgan fingerprint density at radius 3 is 1.33 bits per heavy atom. The summed E-state index contributed by atoms with van der Waals surface area (Å²) in [4.78, 5) is 72.0. The maximum absolute atomic E-state index is 16.1. The number of anilines is 2. The highest BCUT2D eigenvalue weighted by Gasteiger charge is 2.72. The molecule has 8 aromatic rings. The van der Waals surface area contributed by atoms with Crippen LogP contribution in [-0.2, 0) is 47.0 Å². The molecule has 0 aliphatic carbocycles. The van der Waals surface area contributed by atoms with Crippen LogP contribution in [0.5, 0.6) is 11.5 Å². The molecular weight excluding hydrogens is 1080 g/mol. The molecule has 9 heterocycles. The molecule has 7 aliphatic heterocycles. The number of ketones is 2. The summed E-state index contributed by atoms with van der Waals surface area (Å²) in [5, 5.41) is 19.3. The summed E-state index contributed by atoms with van der Waals surface area (Å²) >= 11 is 12.9. The molecule has 2 aromatic heterocycles. The summed E-state index contributed by atoms with van der Waals surface area (Å²) in [6.45, 7) is 2.46. The summed E-state index contributed by atoms with van der Waals surface area (Å²) in [6, 6.07) is 45.1. The van der Waals surface area contributed by atoms with Gasteiger partial charge in [-0.05, 0) is 123 Å². The minimum Gasteiger partial charge on any atom is -0.487 e. The van der Waals surface area contributed by atoms with Crippen LogP contribution in [0.1, 0.15) is 91.9 Å². The highest BCUT2D eigenvalue weighted by molar-refractivity contribution is 6.31. The molecule has 412 valence electrons. The van der Waals surface area contributed by atoms with Gasteiger partial charge in [0.05, 0.1) is 37.3 Å². The molecular formula is C64H56Cl2N10O6. The zero-order valence-electron chi connectivity index (χ0n) is 44.6. The number of hydrogen-bond acceptors (Lipinski definition) is 12. The van der Waals surface area contributed by atoms with Crippen LogP contribution in [0.3, 0.4) is 0 Å². The Hall–Kier alpha value is -8.02.